The van der Waals surface area contributed by atoms with E-state index in [2.05, 4.69) is 11.9 Å². The molecule has 2 bridgehead atoms. The van der Waals surface area contributed by atoms with Crippen molar-refractivity contribution < 1.29 is 14.3 Å². The number of nitrogens with zero attached hydrogens (tertiary/aromatic N) is 1. The molecule has 0 spiro atoms. The zero-order chi connectivity index (χ0) is 15.1. The van der Waals surface area contributed by atoms with Crippen LogP contribution in [0.4, 0.5) is 4.79 Å². The number of urea groups is 1. The number of hydrogen-bond acceptors (Lipinski definition) is 3. The summed E-state index contributed by atoms with van der Waals surface area (Å²) < 4.78 is 10.7. The molecule has 22 heavy (non-hydrogen) atoms. The third kappa shape index (κ3) is 2.30. The topological polar surface area (TPSA) is 50.8 Å². The van der Waals surface area contributed by atoms with Gasteiger partial charge >= 0.3 is 6.03 Å². The SMILES string of the molecule is C=C1CC2CCC(C1)N2C(=O)NCc1ccc2c(c1)OCO2. The number of carbonyl (C=O) groups excluding carboxylic acids is 1. The number of amides is 2. The summed E-state index contributed by atoms with van der Waals surface area (Å²) in [6.07, 6.45) is 4.10. The summed E-state index contributed by atoms with van der Waals surface area (Å²) in [5.41, 5.74) is 2.30. The van der Waals surface area contributed by atoms with Crippen LogP contribution in [0, 0.1) is 0 Å². The summed E-state index contributed by atoms with van der Waals surface area (Å²) in [4.78, 5) is 14.5. The number of rotatable bonds is 2. The Morgan fingerprint density at radius 2 is 1.95 bits per heavy atom. The Bertz CT molecular complexity index is 612. The molecular weight excluding hydrogens is 280 g/mol. The molecule has 2 amide bonds. The van der Waals surface area contributed by atoms with E-state index in [1.165, 1.54) is 5.57 Å². The lowest BCUT2D eigenvalue weighted by molar-refractivity contribution is 0.160. The fourth-order valence-corrected chi connectivity index (χ4v) is 3.76. The number of piperidine rings is 1. The van der Waals surface area contributed by atoms with Crippen LogP contribution in [-0.2, 0) is 6.54 Å². The van der Waals surface area contributed by atoms with Crippen molar-refractivity contribution in [1.29, 1.82) is 0 Å². The first kappa shape index (κ1) is 13.5. The molecule has 4 rings (SSSR count). The van der Waals surface area contributed by atoms with Crippen LogP contribution in [-0.4, -0.2) is 29.8 Å². The van der Waals surface area contributed by atoms with Gasteiger partial charge in [0.05, 0.1) is 0 Å². The molecule has 1 aromatic carbocycles. The van der Waals surface area contributed by atoms with Crippen LogP contribution in [0.3, 0.4) is 0 Å². The van der Waals surface area contributed by atoms with Gasteiger partial charge in [-0.25, -0.2) is 4.79 Å². The number of benzene rings is 1. The highest BCUT2D eigenvalue weighted by molar-refractivity contribution is 5.75. The van der Waals surface area contributed by atoms with Crippen molar-refractivity contribution in [3.63, 3.8) is 0 Å². The average Bonchev–Trinajstić information content (AvgIpc) is 3.07. The van der Waals surface area contributed by atoms with Gasteiger partial charge in [0.25, 0.3) is 0 Å². The predicted octanol–water partition coefficient (Wildman–Crippen LogP) is 2.81. The van der Waals surface area contributed by atoms with Crippen molar-refractivity contribution in [2.45, 2.75) is 44.3 Å². The van der Waals surface area contributed by atoms with E-state index in [1.807, 2.05) is 23.1 Å². The molecule has 3 aliphatic heterocycles. The molecule has 2 atom stereocenters. The molecule has 5 heteroatoms. The molecule has 1 N–H and O–H groups in total. The van der Waals surface area contributed by atoms with Crippen molar-refractivity contribution in [2.75, 3.05) is 6.79 Å². The van der Waals surface area contributed by atoms with Gasteiger partial charge in [-0.3, -0.25) is 0 Å². The molecule has 116 valence electrons. The molecule has 2 fully saturated rings. The Hall–Kier alpha value is -2.17. The Kier molecular flexibility index (Phi) is 3.21. The maximum atomic E-state index is 12.5. The van der Waals surface area contributed by atoms with E-state index in [-0.39, 0.29) is 12.8 Å². The lowest BCUT2D eigenvalue weighted by Gasteiger charge is -2.35. The zero-order valence-electron chi connectivity index (χ0n) is 12.5. The van der Waals surface area contributed by atoms with Crippen molar-refractivity contribution in [2.24, 2.45) is 0 Å². The van der Waals surface area contributed by atoms with Gasteiger partial charge in [0.1, 0.15) is 0 Å². The van der Waals surface area contributed by atoms with Gasteiger partial charge in [0, 0.05) is 18.6 Å². The summed E-state index contributed by atoms with van der Waals surface area (Å²) in [5.74, 6) is 1.52. The first-order valence-corrected chi connectivity index (χ1v) is 7.82. The maximum Gasteiger partial charge on any atom is 0.318 e. The molecular formula is C17H20N2O3. The Morgan fingerprint density at radius 3 is 2.73 bits per heavy atom. The van der Waals surface area contributed by atoms with Gasteiger partial charge in [0.2, 0.25) is 6.79 Å². The first-order chi connectivity index (χ1) is 10.7. The summed E-state index contributed by atoms with van der Waals surface area (Å²) in [6, 6.07) is 6.48. The standard InChI is InChI=1S/C17H20N2O3/c1-11-6-13-3-4-14(7-11)19(13)17(20)18-9-12-2-5-15-16(8-12)22-10-21-15/h2,5,8,13-14H,1,3-4,6-7,9-10H2,(H,18,20). The average molecular weight is 300 g/mol. The summed E-state index contributed by atoms with van der Waals surface area (Å²) in [5, 5.41) is 3.04. The molecule has 0 aromatic heterocycles. The van der Waals surface area contributed by atoms with Crippen molar-refractivity contribution in [3.05, 3.63) is 35.9 Å². The second-order valence-corrected chi connectivity index (χ2v) is 6.30. The van der Waals surface area contributed by atoms with Crippen LogP contribution in [0.25, 0.3) is 0 Å². The fraction of sp³-hybridized carbons (Fsp3) is 0.471. The van der Waals surface area contributed by atoms with Crippen LogP contribution in [0.1, 0.15) is 31.2 Å². The van der Waals surface area contributed by atoms with Gasteiger partial charge in [-0.15, -0.1) is 0 Å². The third-order valence-corrected chi connectivity index (χ3v) is 4.78. The van der Waals surface area contributed by atoms with Crippen LogP contribution >= 0.6 is 0 Å². The summed E-state index contributed by atoms with van der Waals surface area (Å²) in [6.45, 7) is 4.87. The van der Waals surface area contributed by atoms with Crippen molar-refractivity contribution in [3.8, 4) is 11.5 Å². The highest BCUT2D eigenvalue weighted by Gasteiger charge is 2.40. The van der Waals surface area contributed by atoms with Crippen LogP contribution < -0.4 is 14.8 Å². The normalized spacial score (nSPS) is 25.5. The minimum absolute atomic E-state index is 0.0395. The van der Waals surface area contributed by atoms with Crippen LogP contribution in [0.2, 0.25) is 0 Å². The van der Waals surface area contributed by atoms with E-state index >= 15 is 0 Å². The Balaban J connectivity index is 1.40. The van der Waals surface area contributed by atoms with E-state index in [0.717, 1.165) is 42.7 Å². The third-order valence-electron chi connectivity index (χ3n) is 4.78. The number of fused-ring (bicyclic) bond motifs is 3. The van der Waals surface area contributed by atoms with Crippen molar-refractivity contribution in [1.82, 2.24) is 10.2 Å². The van der Waals surface area contributed by atoms with Gasteiger partial charge in [0.15, 0.2) is 11.5 Å². The first-order valence-electron chi connectivity index (χ1n) is 7.82. The summed E-state index contributed by atoms with van der Waals surface area (Å²) >= 11 is 0. The quantitative estimate of drug-likeness (QED) is 0.855. The largest absolute Gasteiger partial charge is 0.454 e. The zero-order valence-corrected chi connectivity index (χ0v) is 12.5. The molecule has 3 aliphatic rings. The molecule has 2 unspecified atom stereocenters. The van der Waals surface area contributed by atoms with Crippen molar-refractivity contribution >= 4 is 6.03 Å². The highest BCUT2D eigenvalue weighted by Crippen LogP contribution is 2.37. The lowest BCUT2D eigenvalue weighted by Crippen LogP contribution is -2.49. The minimum atomic E-state index is 0.0395. The summed E-state index contributed by atoms with van der Waals surface area (Å²) in [7, 11) is 0. The molecule has 0 saturated carbocycles. The lowest BCUT2D eigenvalue weighted by atomic mass is 9.99. The van der Waals surface area contributed by atoms with Gasteiger partial charge < -0.3 is 19.7 Å². The second-order valence-electron chi connectivity index (χ2n) is 6.30. The number of ether oxygens (including phenoxy) is 2. The van der Waals surface area contributed by atoms with E-state index in [0.29, 0.717) is 18.6 Å². The smallest absolute Gasteiger partial charge is 0.318 e. The van der Waals surface area contributed by atoms with Crippen LogP contribution in [0.5, 0.6) is 11.5 Å². The van der Waals surface area contributed by atoms with E-state index in [4.69, 9.17) is 9.47 Å². The second kappa shape index (κ2) is 5.23. The van der Waals surface area contributed by atoms with E-state index in [1.54, 1.807) is 0 Å². The predicted molar refractivity (Wildman–Crippen MR) is 81.8 cm³/mol. The van der Waals surface area contributed by atoms with E-state index in [9.17, 15) is 4.79 Å². The minimum Gasteiger partial charge on any atom is -0.454 e. The van der Waals surface area contributed by atoms with E-state index < -0.39 is 0 Å². The monoisotopic (exact) mass is 300 g/mol. The number of hydrogen-bond donors (Lipinski definition) is 1. The van der Waals surface area contributed by atoms with Gasteiger partial charge in [-0.1, -0.05) is 18.2 Å². The highest BCUT2D eigenvalue weighted by atomic mass is 16.7. The van der Waals surface area contributed by atoms with Gasteiger partial charge in [-0.05, 0) is 43.4 Å². The Labute approximate surface area is 129 Å². The number of carbonyl (C=O) groups is 1. The molecule has 1 aromatic rings. The molecule has 0 radical (unpaired) electrons. The fourth-order valence-electron chi connectivity index (χ4n) is 3.76. The van der Waals surface area contributed by atoms with Gasteiger partial charge in [-0.2, -0.15) is 0 Å². The maximum absolute atomic E-state index is 12.5. The molecule has 5 nitrogen and oxygen atoms in total. The molecule has 3 heterocycles. The Morgan fingerprint density at radius 1 is 1.23 bits per heavy atom. The number of nitrogens with one attached hydrogen (secondary N) is 1. The van der Waals surface area contributed by atoms with Crippen LogP contribution in [0.15, 0.2) is 30.4 Å². The molecule has 2 saturated heterocycles. The molecule has 0 aliphatic carbocycles.